The average molecular weight is 431 g/mol. The standard InChI is InChI=1S/C26H26N2O2S/c1-15-11-17(3)20(12-16(15)2)23(29)14-31-26-21(13-27)25(24-10-9-18(4)30-24)19-7-5-6-8-22(19)28-26/h9-12H,5-8,14H2,1-4H3. The van der Waals surface area contributed by atoms with E-state index in [-0.39, 0.29) is 11.5 Å². The molecule has 3 aromatic rings. The number of pyridine rings is 1. The van der Waals surface area contributed by atoms with Crippen LogP contribution in [-0.4, -0.2) is 16.5 Å². The number of ketones is 1. The van der Waals surface area contributed by atoms with Crippen molar-refractivity contribution >= 4 is 17.5 Å². The van der Waals surface area contributed by atoms with Gasteiger partial charge in [-0.05, 0) is 93.8 Å². The predicted octanol–water partition coefficient (Wildman–Crippen LogP) is 6.30. The highest BCUT2D eigenvalue weighted by atomic mass is 32.2. The highest BCUT2D eigenvalue weighted by molar-refractivity contribution is 8.00. The normalized spacial score (nSPS) is 13.0. The molecule has 1 aliphatic carbocycles. The maximum atomic E-state index is 13.0. The summed E-state index contributed by atoms with van der Waals surface area (Å²) >= 11 is 1.36. The van der Waals surface area contributed by atoms with Crippen molar-refractivity contribution in [1.82, 2.24) is 4.98 Å². The molecule has 158 valence electrons. The van der Waals surface area contributed by atoms with Crippen LogP contribution in [0.15, 0.2) is 33.7 Å². The van der Waals surface area contributed by atoms with Gasteiger partial charge >= 0.3 is 0 Å². The van der Waals surface area contributed by atoms with Crippen molar-refractivity contribution in [2.45, 2.75) is 58.4 Å². The molecule has 0 spiro atoms. The molecule has 4 rings (SSSR count). The number of benzene rings is 1. The van der Waals surface area contributed by atoms with Crippen molar-refractivity contribution in [3.8, 4) is 17.4 Å². The van der Waals surface area contributed by atoms with Crippen LogP contribution in [0.2, 0.25) is 0 Å². The highest BCUT2D eigenvalue weighted by Crippen LogP contribution is 2.38. The predicted molar refractivity (Wildman–Crippen MR) is 124 cm³/mol. The van der Waals surface area contributed by atoms with Crippen LogP contribution in [-0.2, 0) is 12.8 Å². The van der Waals surface area contributed by atoms with E-state index >= 15 is 0 Å². The number of nitriles is 1. The van der Waals surface area contributed by atoms with Crippen LogP contribution in [0.25, 0.3) is 11.3 Å². The van der Waals surface area contributed by atoms with Crippen LogP contribution in [0.3, 0.4) is 0 Å². The molecule has 4 nitrogen and oxygen atoms in total. The summed E-state index contributed by atoms with van der Waals surface area (Å²) in [6, 6.07) is 10.2. The molecular weight excluding hydrogens is 404 g/mol. The Kier molecular flexibility index (Phi) is 6.02. The molecule has 1 aliphatic rings. The molecule has 0 bridgehead atoms. The van der Waals surface area contributed by atoms with Gasteiger partial charge in [-0.15, -0.1) is 0 Å². The zero-order valence-corrected chi connectivity index (χ0v) is 19.3. The number of furan rings is 1. The van der Waals surface area contributed by atoms with E-state index in [1.807, 2.05) is 39.0 Å². The largest absolute Gasteiger partial charge is 0.461 e. The smallest absolute Gasteiger partial charge is 0.173 e. The third-order valence-electron chi connectivity index (χ3n) is 6.02. The SMILES string of the molecule is Cc1ccc(-c2c(C#N)c(SCC(=O)c3cc(C)c(C)cc3C)nc3c2CCCC3)o1. The Morgan fingerprint density at radius 3 is 2.55 bits per heavy atom. The first-order valence-electron chi connectivity index (χ1n) is 10.7. The third kappa shape index (κ3) is 4.18. The maximum absolute atomic E-state index is 13.0. The summed E-state index contributed by atoms with van der Waals surface area (Å²) in [4.78, 5) is 17.8. The lowest BCUT2D eigenvalue weighted by atomic mass is 9.89. The molecule has 0 aliphatic heterocycles. The van der Waals surface area contributed by atoms with E-state index in [1.165, 1.54) is 17.3 Å². The topological polar surface area (TPSA) is 66.9 Å². The van der Waals surface area contributed by atoms with Crippen LogP contribution < -0.4 is 0 Å². The Hall–Kier alpha value is -2.84. The van der Waals surface area contributed by atoms with Gasteiger partial charge in [-0.3, -0.25) is 4.79 Å². The van der Waals surface area contributed by atoms with E-state index in [4.69, 9.17) is 9.40 Å². The van der Waals surface area contributed by atoms with Gasteiger partial charge in [0.05, 0.1) is 11.3 Å². The second-order valence-electron chi connectivity index (χ2n) is 8.28. The molecule has 1 aromatic carbocycles. The average Bonchev–Trinajstić information content (AvgIpc) is 3.19. The number of aryl methyl sites for hydroxylation is 5. The summed E-state index contributed by atoms with van der Waals surface area (Å²) in [6.07, 6.45) is 3.97. The fourth-order valence-electron chi connectivity index (χ4n) is 4.24. The molecule has 2 aromatic heterocycles. The Morgan fingerprint density at radius 1 is 1.10 bits per heavy atom. The Labute approximate surface area is 187 Å². The molecule has 0 saturated heterocycles. The number of rotatable bonds is 5. The molecule has 0 unspecified atom stereocenters. The molecular formula is C26H26N2O2S. The van der Waals surface area contributed by atoms with Crippen molar-refractivity contribution in [3.63, 3.8) is 0 Å². The number of fused-ring (bicyclic) bond motifs is 1. The maximum Gasteiger partial charge on any atom is 0.173 e. The van der Waals surface area contributed by atoms with Gasteiger partial charge in [-0.25, -0.2) is 4.98 Å². The fraction of sp³-hybridized carbons (Fsp3) is 0.346. The summed E-state index contributed by atoms with van der Waals surface area (Å²) in [5.41, 5.74) is 7.56. The molecule has 0 fully saturated rings. The Morgan fingerprint density at radius 2 is 1.84 bits per heavy atom. The van der Waals surface area contributed by atoms with Gasteiger partial charge in [-0.2, -0.15) is 5.26 Å². The molecule has 5 heteroatoms. The zero-order valence-electron chi connectivity index (χ0n) is 18.5. The summed E-state index contributed by atoms with van der Waals surface area (Å²) in [6.45, 7) is 7.96. The molecule has 31 heavy (non-hydrogen) atoms. The molecule has 0 N–H and O–H groups in total. The monoisotopic (exact) mass is 430 g/mol. The molecule has 0 radical (unpaired) electrons. The first-order chi connectivity index (χ1) is 14.9. The number of aromatic nitrogens is 1. The van der Waals surface area contributed by atoms with E-state index in [2.05, 4.69) is 19.1 Å². The Balaban J connectivity index is 1.71. The molecule has 0 atom stereocenters. The van der Waals surface area contributed by atoms with Crippen LogP contribution in [0.4, 0.5) is 0 Å². The lowest BCUT2D eigenvalue weighted by Gasteiger charge is -2.20. The number of carbonyl (C=O) groups is 1. The van der Waals surface area contributed by atoms with Gasteiger partial charge in [0.1, 0.15) is 22.6 Å². The zero-order chi connectivity index (χ0) is 22.1. The minimum atomic E-state index is 0.0596. The van der Waals surface area contributed by atoms with Crippen molar-refractivity contribution < 1.29 is 9.21 Å². The number of Topliss-reactive ketones (excluding diaryl/α,β-unsaturated/α-hetero) is 1. The lowest BCUT2D eigenvalue weighted by molar-refractivity contribution is 0.102. The summed E-state index contributed by atoms with van der Waals surface area (Å²) in [5, 5.41) is 10.7. The number of hydrogen-bond donors (Lipinski definition) is 0. The van der Waals surface area contributed by atoms with E-state index in [0.29, 0.717) is 16.3 Å². The number of thioether (sulfide) groups is 1. The third-order valence-corrected chi connectivity index (χ3v) is 7.00. The first kappa shape index (κ1) is 21.4. The molecule has 2 heterocycles. The van der Waals surface area contributed by atoms with Crippen LogP contribution in [0.5, 0.6) is 0 Å². The number of hydrogen-bond acceptors (Lipinski definition) is 5. The van der Waals surface area contributed by atoms with Gasteiger partial charge in [0.25, 0.3) is 0 Å². The van der Waals surface area contributed by atoms with Crippen molar-refractivity contribution in [2.24, 2.45) is 0 Å². The van der Waals surface area contributed by atoms with Crippen molar-refractivity contribution in [3.05, 3.63) is 69.1 Å². The van der Waals surface area contributed by atoms with Crippen LogP contribution in [0.1, 0.15) is 62.5 Å². The van der Waals surface area contributed by atoms with E-state index < -0.39 is 0 Å². The van der Waals surface area contributed by atoms with Gasteiger partial charge in [-0.1, -0.05) is 17.8 Å². The Bertz CT molecular complexity index is 1220. The quantitative estimate of drug-likeness (QED) is 0.351. The number of nitrogens with zero attached hydrogens (tertiary/aromatic N) is 2. The van der Waals surface area contributed by atoms with E-state index in [9.17, 15) is 10.1 Å². The second kappa shape index (κ2) is 8.72. The first-order valence-corrected chi connectivity index (χ1v) is 11.6. The summed E-state index contributed by atoms with van der Waals surface area (Å²) in [7, 11) is 0. The van der Waals surface area contributed by atoms with Gasteiger partial charge in [0, 0.05) is 16.8 Å². The summed E-state index contributed by atoms with van der Waals surface area (Å²) in [5.74, 6) is 1.84. The summed E-state index contributed by atoms with van der Waals surface area (Å²) < 4.78 is 5.91. The van der Waals surface area contributed by atoms with Crippen LogP contribution in [0, 0.1) is 39.0 Å². The lowest BCUT2D eigenvalue weighted by Crippen LogP contribution is -2.11. The van der Waals surface area contributed by atoms with Crippen molar-refractivity contribution in [1.29, 1.82) is 5.26 Å². The van der Waals surface area contributed by atoms with E-state index in [0.717, 1.165) is 65.0 Å². The number of carbonyl (C=O) groups excluding carboxylic acids is 1. The minimum absolute atomic E-state index is 0.0596. The van der Waals surface area contributed by atoms with Crippen LogP contribution >= 0.6 is 11.8 Å². The second-order valence-corrected chi connectivity index (χ2v) is 9.25. The van der Waals surface area contributed by atoms with E-state index in [1.54, 1.807) is 0 Å². The minimum Gasteiger partial charge on any atom is -0.461 e. The van der Waals surface area contributed by atoms with Gasteiger partial charge in [0.2, 0.25) is 0 Å². The molecule has 0 saturated carbocycles. The fourth-order valence-corrected chi connectivity index (χ4v) is 5.13. The highest BCUT2D eigenvalue weighted by Gasteiger charge is 2.25. The van der Waals surface area contributed by atoms with Gasteiger partial charge in [0.15, 0.2) is 5.78 Å². The van der Waals surface area contributed by atoms with Gasteiger partial charge < -0.3 is 4.42 Å². The van der Waals surface area contributed by atoms with Crippen molar-refractivity contribution in [2.75, 3.05) is 5.75 Å². The molecule has 0 amide bonds.